The summed E-state index contributed by atoms with van der Waals surface area (Å²) in [6.07, 6.45) is 0. The van der Waals surface area contributed by atoms with Crippen LogP contribution in [0.3, 0.4) is 0 Å². The van der Waals surface area contributed by atoms with Crippen LogP contribution in [0.5, 0.6) is 0 Å². The van der Waals surface area contributed by atoms with E-state index in [9.17, 15) is 14.4 Å². The van der Waals surface area contributed by atoms with Gasteiger partial charge in [-0.1, -0.05) is 30.3 Å². The van der Waals surface area contributed by atoms with E-state index in [1.54, 1.807) is 56.3 Å². The van der Waals surface area contributed by atoms with Gasteiger partial charge in [-0.05, 0) is 37.6 Å². The van der Waals surface area contributed by atoms with Crippen molar-refractivity contribution in [3.05, 3.63) is 92.9 Å². The maximum Gasteiger partial charge on any atom is 0.336 e. The van der Waals surface area contributed by atoms with Gasteiger partial charge in [-0.2, -0.15) is 0 Å². The molecule has 0 amide bonds. The number of benzene rings is 2. The molecule has 0 bridgehead atoms. The summed E-state index contributed by atoms with van der Waals surface area (Å²) >= 11 is 0. The second-order valence-electron chi connectivity index (χ2n) is 7.72. The number of hydrogen-bond acceptors (Lipinski definition) is 7. The van der Waals surface area contributed by atoms with Crippen LogP contribution in [0.4, 0.5) is 0 Å². The maximum atomic E-state index is 12.7. The molecule has 7 nitrogen and oxygen atoms in total. The second kappa shape index (κ2) is 8.78. The van der Waals surface area contributed by atoms with Crippen molar-refractivity contribution < 1.29 is 23.5 Å². The van der Waals surface area contributed by atoms with Crippen molar-refractivity contribution >= 4 is 22.9 Å². The van der Waals surface area contributed by atoms with Gasteiger partial charge in [-0.25, -0.2) is 9.59 Å². The number of nitrogens with one attached hydrogen (secondary N) is 1. The number of para-hydroxylation sites is 1. The van der Waals surface area contributed by atoms with Crippen LogP contribution in [-0.4, -0.2) is 26.2 Å². The van der Waals surface area contributed by atoms with E-state index in [1.165, 1.54) is 20.3 Å². The standard InChI is InChI=1S/C26H23NO6/c1-14-22(25(29)31-3)24(23(15(2)27-14)26(30)32-4)17-9-7-8-16(12-17)21-13-19(28)18-10-5-6-11-20(18)33-21/h5-13,24,27H,1-4H3. The van der Waals surface area contributed by atoms with Gasteiger partial charge in [0.1, 0.15) is 11.3 Å². The molecule has 1 aliphatic rings. The fourth-order valence-corrected chi connectivity index (χ4v) is 4.21. The number of carbonyl (C=O) groups is 2. The predicted octanol–water partition coefficient (Wildman–Crippen LogP) is 4.04. The molecule has 1 aliphatic heterocycles. The fraction of sp³-hybridized carbons (Fsp3) is 0.192. The summed E-state index contributed by atoms with van der Waals surface area (Å²) in [5, 5.41) is 3.58. The molecule has 7 heteroatoms. The molecule has 3 aromatic rings. The lowest BCUT2D eigenvalue weighted by molar-refractivity contribution is -0.137. The molecule has 1 aromatic heterocycles. The van der Waals surface area contributed by atoms with Gasteiger partial charge < -0.3 is 19.2 Å². The van der Waals surface area contributed by atoms with Crippen LogP contribution in [-0.2, 0) is 19.1 Å². The third-order valence-corrected chi connectivity index (χ3v) is 5.71. The summed E-state index contributed by atoms with van der Waals surface area (Å²) in [6, 6.07) is 15.7. The highest BCUT2D eigenvalue weighted by Gasteiger charge is 2.37. The van der Waals surface area contributed by atoms with E-state index in [2.05, 4.69) is 5.32 Å². The maximum absolute atomic E-state index is 12.7. The monoisotopic (exact) mass is 445 g/mol. The van der Waals surface area contributed by atoms with Crippen LogP contribution in [0.15, 0.2) is 86.3 Å². The van der Waals surface area contributed by atoms with Crippen molar-refractivity contribution in [1.29, 1.82) is 0 Å². The van der Waals surface area contributed by atoms with Gasteiger partial charge in [0, 0.05) is 23.0 Å². The number of carbonyl (C=O) groups excluding carboxylic acids is 2. The van der Waals surface area contributed by atoms with E-state index in [-0.39, 0.29) is 5.43 Å². The van der Waals surface area contributed by atoms with Crippen molar-refractivity contribution in [2.24, 2.45) is 0 Å². The number of fused-ring (bicyclic) bond motifs is 1. The molecular formula is C26H23NO6. The number of ether oxygens (including phenoxy) is 2. The van der Waals surface area contributed by atoms with E-state index >= 15 is 0 Å². The Morgan fingerprint density at radius 1 is 0.879 bits per heavy atom. The fourth-order valence-electron chi connectivity index (χ4n) is 4.21. The Hall–Kier alpha value is -4.13. The molecule has 0 saturated carbocycles. The lowest BCUT2D eigenvalue weighted by atomic mass is 9.80. The average Bonchev–Trinajstić information content (AvgIpc) is 2.82. The van der Waals surface area contributed by atoms with Crippen molar-refractivity contribution in [1.82, 2.24) is 5.32 Å². The van der Waals surface area contributed by atoms with Gasteiger partial charge >= 0.3 is 11.9 Å². The highest BCUT2D eigenvalue weighted by Crippen LogP contribution is 2.40. The molecule has 168 valence electrons. The Bertz CT molecular complexity index is 1360. The largest absolute Gasteiger partial charge is 0.466 e. The lowest BCUT2D eigenvalue weighted by Crippen LogP contribution is -2.32. The zero-order chi connectivity index (χ0) is 23.7. The summed E-state index contributed by atoms with van der Waals surface area (Å²) < 4.78 is 16.0. The first kappa shape index (κ1) is 22.1. The summed E-state index contributed by atoms with van der Waals surface area (Å²) in [5.41, 5.74) is 3.39. The van der Waals surface area contributed by atoms with Crippen molar-refractivity contribution in [2.45, 2.75) is 19.8 Å². The zero-order valence-electron chi connectivity index (χ0n) is 18.7. The smallest absolute Gasteiger partial charge is 0.336 e. The van der Waals surface area contributed by atoms with E-state index in [1.807, 2.05) is 6.07 Å². The summed E-state index contributed by atoms with van der Waals surface area (Å²) in [5.74, 6) is -1.45. The number of methoxy groups -OCH3 is 2. The van der Waals surface area contributed by atoms with Crippen LogP contribution in [0.25, 0.3) is 22.3 Å². The van der Waals surface area contributed by atoms with Gasteiger partial charge in [0.15, 0.2) is 5.43 Å². The molecule has 4 rings (SSSR count). The molecule has 0 unspecified atom stereocenters. The Morgan fingerprint density at radius 3 is 2.15 bits per heavy atom. The molecule has 0 spiro atoms. The Labute approximate surface area is 190 Å². The second-order valence-corrected chi connectivity index (χ2v) is 7.72. The first-order valence-electron chi connectivity index (χ1n) is 10.3. The molecule has 0 fully saturated rings. The average molecular weight is 445 g/mol. The minimum absolute atomic E-state index is 0.156. The molecular weight excluding hydrogens is 422 g/mol. The van der Waals surface area contributed by atoms with Crippen LogP contribution in [0.1, 0.15) is 25.3 Å². The first-order chi connectivity index (χ1) is 15.8. The third-order valence-electron chi connectivity index (χ3n) is 5.71. The molecule has 0 saturated heterocycles. The molecule has 2 heterocycles. The van der Waals surface area contributed by atoms with Crippen LogP contribution in [0, 0.1) is 0 Å². The number of hydrogen-bond donors (Lipinski definition) is 1. The van der Waals surface area contributed by atoms with E-state index in [4.69, 9.17) is 13.9 Å². The van der Waals surface area contributed by atoms with Gasteiger partial charge in [-0.15, -0.1) is 0 Å². The predicted molar refractivity (Wildman–Crippen MR) is 123 cm³/mol. The minimum atomic E-state index is -0.724. The molecule has 33 heavy (non-hydrogen) atoms. The Balaban J connectivity index is 1.91. The molecule has 0 aliphatic carbocycles. The molecule has 0 atom stereocenters. The Morgan fingerprint density at radius 2 is 1.52 bits per heavy atom. The third kappa shape index (κ3) is 3.93. The normalized spacial score (nSPS) is 14.3. The van der Waals surface area contributed by atoms with Gasteiger partial charge in [0.2, 0.25) is 0 Å². The van der Waals surface area contributed by atoms with Crippen molar-refractivity contribution in [3.63, 3.8) is 0 Å². The van der Waals surface area contributed by atoms with Crippen LogP contribution in [0.2, 0.25) is 0 Å². The highest BCUT2D eigenvalue weighted by molar-refractivity contribution is 6.00. The molecule has 2 aromatic carbocycles. The quantitative estimate of drug-likeness (QED) is 0.606. The van der Waals surface area contributed by atoms with Crippen molar-refractivity contribution in [2.75, 3.05) is 14.2 Å². The zero-order valence-corrected chi connectivity index (χ0v) is 18.7. The number of allylic oxidation sites excluding steroid dienone is 2. The summed E-state index contributed by atoms with van der Waals surface area (Å²) in [6.45, 7) is 3.51. The van der Waals surface area contributed by atoms with Gasteiger partial charge in [0.05, 0.1) is 36.7 Å². The summed E-state index contributed by atoms with van der Waals surface area (Å²) in [7, 11) is 2.59. The van der Waals surface area contributed by atoms with E-state index in [0.29, 0.717) is 50.4 Å². The molecule has 1 N–H and O–H groups in total. The number of dihydropyridines is 1. The number of esters is 2. The minimum Gasteiger partial charge on any atom is -0.466 e. The van der Waals surface area contributed by atoms with Crippen LogP contribution < -0.4 is 10.7 Å². The molecule has 0 radical (unpaired) electrons. The van der Waals surface area contributed by atoms with E-state index < -0.39 is 17.9 Å². The van der Waals surface area contributed by atoms with Crippen LogP contribution >= 0.6 is 0 Å². The van der Waals surface area contributed by atoms with Gasteiger partial charge in [0.25, 0.3) is 0 Å². The first-order valence-corrected chi connectivity index (χ1v) is 10.3. The van der Waals surface area contributed by atoms with Crippen molar-refractivity contribution in [3.8, 4) is 11.3 Å². The van der Waals surface area contributed by atoms with Gasteiger partial charge in [-0.3, -0.25) is 4.79 Å². The summed E-state index contributed by atoms with van der Waals surface area (Å²) in [4.78, 5) is 38.0. The highest BCUT2D eigenvalue weighted by atomic mass is 16.5. The topological polar surface area (TPSA) is 94.8 Å². The lowest BCUT2D eigenvalue weighted by Gasteiger charge is -2.30. The SMILES string of the molecule is COC(=O)C1=C(C)NC(C)=C(C(=O)OC)C1c1cccc(-c2cc(=O)c3ccccc3o2)c1. The Kier molecular flexibility index (Phi) is 5.87. The van der Waals surface area contributed by atoms with E-state index in [0.717, 1.165) is 0 Å². The number of rotatable bonds is 4.